The van der Waals surface area contributed by atoms with Gasteiger partial charge in [0.15, 0.2) is 0 Å². The molecule has 0 saturated heterocycles. The van der Waals surface area contributed by atoms with Crippen LogP contribution in [0.5, 0.6) is 0 Å². The van der Waals surface area contributed by atoms with Crippen LogP contribution in [0.15, 0.2) is 12.1 Å². The molecule has 0 bridgehead atoms. The molecule has 0 aliphatic heterocycles. The van der Waals surface area contributed by atoms with Crippen molar-refractivity contribution in [3.63, 3.8) is 0 Å². The zero-order chi connectivity index (χ0) is 8.55. The van der Waals surface area contributed by atoms with Gasteiger partial charge in [0.1, 0.15) is 0 Å². The monoisotopic (exact) mass is 163 g/mol. The molecule has 2 rings (SSSR count). The van der Waals surface area contributed by atoms with Crippen LogP contribution in [0.1, 0.15) is 36.4 Å². The molecule has 2 nitrogen and oxygen atoms in total. The average Bonchev–Trinajstić information content (AvgIpc) is 2.47. The SMILES string of the molecule is CCc1ccc2c(n1)C(O)CC2. The van der Waals surface area contributed by atoms with Crippen LogP contribution in [0.25, 0.3) is 0 Å². The second kappa shape index (κ2) is 2.87. The molecular formula is C10H13NO. The molecule has 1 aliphatic rings. The molecule has 0 spiro atoms. The van der Waals surface area contributed by atoms with Crippen molar-refractivity contribution >= 4 is 0 Å². The van der Waals surface area contributed by atoms with Gasteiger partial charge >= 0.3 is 0 Å². The van der Waals surface area contributed by atoms with Crippen LogP contribution in [0.4, 0.5) is 0 Å². The van der Waals surface area contributed by atoms with Gasteiger partial charge in [0.2, 0.25) is 0 Å². The van der Waals surface area contributed by atoms with Crippen molar-refractivity contribution in [3.05, 3.63) is 29.1 Å². The van der Waals surface area contributed by atoms with Crippen molar-refractivity contribution in [2.75, 3.05) is 0 Å². The number of hydrogen-bond donors (Lipinski definition) is 1. The van der Waals surface area contributed by atoms with Gasteiger partial charge in [-0.15, -0.1) is 0 Å². The van der Waals surface area contributed by atoms with Crippen molar-refractivity contribution < 1.29 is 5.11 Å². The summed E-state index contributed by atoms with van der Waals surface area (Å²) in [5.74, 6) is 0. The molecule has 0 fully saturated rings. The summed E-state index contributed by atoms with van der Waals surface area (Å²) >= 11 is 0. The van der Waals surface area contributed by atoms with E-state index in [0.29, 0.717) is 0 Å². The molecule has 0 aromatic carbocycles. The van der Waals surface area contributed by atoms with Gasteiger partial charge in [-0.25, -0.2) is 0 Å². The van der Waals surface area contributed by atoms with Crippen LogP contribution in [0.2, 0.25) is 0 Å². The predicted molar refractivity (Wildman–Crippen MR) is 46.9 cm³/mol. The molecule has 12 heavy (non-hydrogen) atoms. The fourth-order valence-corrected chi connectivity index (χ4v) is 1.67. The third kappa shape index (κ3) is 1.12. The van der Waals surface area contributed by atoms with Gasteiger partial charge in [0.05, 0.1) is 11.8 Å². The second-order valence-corrected chi connectivity index (χ2v) is 3.25. The molecule has 2 heteroatoms. The summed E-state index contributed by atoms with van der Waals surface area (Å²) in [6, 6.07) is 4.15. The average molecular weight is 163 g/mol. The molecule has 64 valence electrons. The number of fused-ring (bicyclic) bond motifs is 1. The van der Waals surface area contributed by atoms with Crippen molar-refractivity contribution in [3.8, 4) is 0 Å². The highest BCUT2D eigenvalue weighted by Gasteiger charge is 2.21. The topological polar surface area (TPSA) is 33.1 Å². The summed E-state index contributed by atoms with van der Waals surface area (Å²) in [7, 11) is 0. The quantitative estimate of drug-likeness (QED) is 0.682. The number of aliphatic hydroxyl groups excluding tert-OH is 1. The summed E-state index contributed by atoms with van der Waals surface area (Å²) < 4.78 is 0. The highest BCUT2D eigenvalue weighted by molar-refractivity contribution is 5.29. The molecule has 0 amide bonds. The van der Waals surface area contributed by atoms with Gasteiger partial charge in [0.25, 0.3) is 0 Å². The van der Waals surface area contributed by atoms with Crippen LogP contribution in [0, 0.1) is 0 Å². The summed E-state index contributed by atoms with van der Waals surface area (Å²) in [5, 5.41) is 9.54. The van der Waals surface area contributed by atoms with Crippen LogP contribution in [-0.4, -0.2) is 10.1 Å². The molecule has 1 aromatic heterocycles. The van der Waals surface area contributed by atoms with Gasteiger partial charge < -0.3 is 5.11 Å². The predicted octanol–water partition coefficient (Wildman–Crippen LogP) is 1.62. The van der Waals surface area contributed by atoms with Gasteiger partial charge in [-0.1, -0.05) is 13.0 Å². The van der Waals surface area contributed by atoms with Gasteiger partial charge in [0, 0.05) is 5.69 Å². The zero-order valence-corrected chi connectivity index (χ0v) is 7.25. The molecule has 0 radical (unpaired) electrons. The minimum absolute atomic E-state index is 0.313. The van der Waals surface area contributed by atoms with E-state index in [1.54, 1.807) is 0 Å². The smallest absolute Gasteiger partial charge is 0.0965 e. The Balaban J connectivity index is 2.43. The van der Waals surface area contributed by atoms with Crippen molar-refractivity contribution in [1.29, 1.82) is 0 Å². The maximum absolute atomic E-state index is 9.54. The number of rotatable bonds is 1. The van der Waals surface area contributed by atoms with Crippen LogP contribution in [-0.2, 0) is 12.8 Å². The minimum Gasteiger partial charge on any atom is -0.387 e. The molecule has 0 saturated carbocycles. The number of nitrogens with zero attached hydrogens (tertiary/aromatic N) is 1. The molecule has 1 N–H and O–H groups in total. The van der Waals surface area contributed by atoms with E-state index in [-0.39, 0.29) is 6.10 Å². The Morgan fingerprint density at radius 1 is 1.58 bits per heavy atom. The third-order valence-corrected chi connectivity index (χ3v) is 2.43. The van der Waals surface area contributed by atoms with Crippen LogP contribution >= 0.6 is 0 Å². The fraction of sp³-hybridized carbons (Fsp3) is 0.500. The summed E-state index contributed by atoms with van der Waals surface area (Å²) in [6.07, 6.45) is 2.45. The second-order valence-electron chi connectivity index (χ2n) is 3.25. The molecule has 1 aromatic rings. The largest absolute Gasteiger partial charge is 0.387 e. The van der Waals surface area contributed by atoms with E-state index in [9.17, 15) is 5.11 Å². The lowest BCUT2D eigenvalue weighted by Crippen LogP contribution is -1.97. The van der Waals surface area contributed by atoms with E-state index < -0.39 is 0 Å². The summed E-state index contributed by atoms with van der Waals surface area (Å²) in [4.78, 5) is 4.40. The van der Waals surface area contributed by atoms with E-state index in [4.69, 9.17) is 0 Å². The Labute approximate surface area is 72.3 Å². The Morgan fingerprint density at radius 2 is 2.42 bits per heavy atom. The van der Waals surface area contributed by atoms with Crippen molar-refractivity contribution in [1.82, 2.24) is 4.98 Å². The van der Waals surface area contributed by atoms with Crippen LogP contribution < -0.4 is 0 Å². The first-order chi connectivity index (χ1) is 5.81. The lowest BCUT2D eigenvalue weighted by molar-refractivity contribution is 0.175. The Hall–Kier alpha value is -0.890. The number of hydrogen-bond acceptors (Lipinski definition) is 2. The van der Waals surface area contributed by atoms with E-state index in [1.807, 2.05) is 0 Å². The molecule has 1 heterocycles. The van der Waals surface area contributed by atoms with Crippen LogP contribution in [0.3, 0.4) is 0 Å². The maximum atomic E-state index is 9.54. The standard InChI is InChI=1S/C10H13NO/c1-2-8-5-3-7-4-6-9(12)10(7)11-8/h3,5,9,12H,2,4,6H2,1H3. The lowest BCUT2D eigenvalue weighted by atomic mass is 10.2. The number of aliphatic hydroxyl groups is 1. The lowest BCUT2D eigenvalue weighted by Gasteiger charge is -2.04. The molecule has 1 unspecified atom stereocenters. The zero-order valence-electron chi connectivity index (χ0n) is 7.25. The molecule has 1 aliphatic carbocycles. The van der Waals surface area contributed by atoms with E-state index >= 15 is 0 Å². The number of aryl methyl sites for hydroxylation is 2. The van der Waals surface area contributed by atoms with E-state index in [1.165, 1.54) is 5.56 Å². The Morgan fingerprint density at radius 3 is 3.17 bits per heavy atom. The van der Waals surface area contributed by atoms with E-state index in [2.05, 4.69) is 24.0 Å². The normalized spacial score (nSPS) is 21.0. The first-order valence-corrected chi connectivity index (χ1v) is 4.48. The Kier molecular flexibility index (Phi) is 1.85. The van der Waals surface area contributed by atoms with Crippen molar-refractivity contribution in [2.24, 2.45) is 0 Å². The van der Waals surface area contributed by atoms with Gasteiger partial charge in [-0.3, -0.25) is 4.98 Å². The first-order valence-electron chi connectivity index (χ1n) is 4.48. The maximum Gasteiger partial charge on any atom is 0.0965 e. The summed E-state index contributed by atoms with van der Waals surface area (Å²) in [6.45, 7) is 2.08. The third-order valence-electron chi connectivity index (χ3n) is 2.43. The van der Waals surface area contributed by atoms with Crippen molar-refractivity contribution in [2.45, 2.75) is 32.3 Å². The van der Waals surface area contributed by atoms with Gasteiger partial charge in [-0.2, -0.15) is 0 Å². The summed E-state index contributed by atoms with van der Waals surface area (Å²) in [5.41, 5.74) is 3.21. The molecular weight excluding hydrogens is 150 g/mol. The Bertz CT molecular complexity index is 296. The highest BCUT2D eigenvalue weighted by Crippen LogP contribution is 2.29. The highest BCUT2D eigenvalue weighted by atomic mass is 16.3. The molecule has 1 atom stereocenters. The van der Waals surface area contributed by atoms with Gasteiger partial charge in [-0.05, 0) is 30.9 Å². The van der Waals surface area contributed by atoms with E-state index in [0.717, 1.165) is 30.7 Å². The minimum atomic E-state index is -0.313. The fourth-order valence-electron chi connectivity index (χ4n) is 1.67. The first kappa shape index (κ1) is 7.74. The number of pyridine rings is 1. The number of aromatic nitrogens is 1.